The molecule has 0 spiro atoms. The fraction of sp³-hybridized carbons (Fsp3) is 0.480. The van der Waals surface area contributed by atoms with E-state index < -0.39 is 0 Å². The Hall–Kier alpha value is -2.89. The molecule has 2 bridgehead atoms. The zero-order valence-corrected chi connectivity index (χ0v) is 18.8. The van der Waals surface area contributed by atoms with E-state index in [0.29, 0.717) is 28.1 Å². The molecule has 2 fully saturated rings. The molecule has 0 radical (unpaired) electrons. The Balaban J connectivity index is 1.39. The molecule has 3 aromatic rings. The Morgan fingerprint density at radius 1 is 1.06 bits per heavy atom. The van der Waals surface area contributed by atoms with E-state index in [1.165, 1.54) is 32.1 Å². The number of nitrogens with zero attached hydrogens (tertiary/aromatic N) is 4. The maximum absolute atomic E-state index is 10.7. The Bertz CT molecular complexity index is 1080. The molecule has 6 heteroatoms. The number of phenolic OH excluding ortho intramolecular Hbond substituents is 1. The van der Waals surface area contributed by atoms with Gasteiger partial charge in [-0.15, -0.1) is 10.2 Å². The second-order valence-electron chi connectivity index (χ2n) is 10.4. The van der Waals surface area contributed by atoms with Crippen LogP contribution in [-0.4, -0.2) is 38.6 Å². The van der Waals surface area contributed by atoms with Crippen LogP contribution in [0.4, 0.5) is 5.82 Å². The van der Waals surface area contributed by atoms with Crippen LogP contribution >= 0.6 is 0 Å². The zero-order valence-electron chi connectivity index (χ0n) is 18.8. The van der Waals surface area contributed by atoms with E-state index in [0.717, 1.165) is 22.5 Å². The van der Waals surface area contributed by atoms with Crippen LogP contribution in [0.5, 0.6) is 5.75 Å². The molecule has 3 atom stereocenters. The monoisotopic (exact) mass is 417 g/mol. The summed E-state index contributed by atoms with van der Waals surface area (Å²) in [6.45, 7) is 6.93. The van der Waals surface area contributed by atoms with E-state index in [-0.39, 0.29) is 5.75 Å². The third kappa shape index (κ3) is 3.58. The Kier molecular flexibility index (Phi) is 4.57. The number of hydrogen-bond donors (Lipinski definition) is 2. The van der Waals surface area contributed by atoms with Gasteiger partial charge in [-0.1, -0.05) is 13.8 Å². The lowest BCUT2D eigenvalue weighted by molar-refractivity contribution is 0.148. The van der Waals surface area contributed by atoms with Crippen LogP contribution in [0.3, 0.4) is 0 Å². The first-order chi connectivity index (χ1) is 14.8. The van der Waals surface area contributed by atoms with Gasteiger partial charge in [-0.05, 0) is 85.3 Å². The van der Waals surface area contributed by atoms with Crippen LogP contribution in [0, 0.1) is 17.8 Å². The third-order valence-corrected chi connectivity index (χ3v) is 7.63. The predicted molar refractivity (Wildman–Crippen MR) is 123 cm³/mol. The smallest absolute Gasteiger partial charge is 0.151 e. The van der Waals surface area contributed by atoms with Crippen molar-refractivity contribution in [3.8, 4) is 28.1 Å². The molecule has 5 rings (SSSR count). The molecule has 0 aliphatic heterocycles. The molecule has 6 nitrogen and oxygen atoms in total. The molecule has 162 valence electrons. The number of anilines is 1. The minimum atomic E-state index is 0.196. The van der Waals surface area contributed by atoms with Gasteiger partial charge < -0.3 is 10.0 Å². The highest BCUT2D eigenvalue weighted by Gasteiger charge is 2.49. The molecule has 2 aliphatic carbocycles. The topological polar surface area (TPSA) is 77.9 Å². The number of benzene rings is 1. The van der Waals surface area contributed by atoms with Gasteiger partial charge in [0, 0.05) is 30.4 Å². The number of fused-ring (bicyclic) bond motifs is 2. The number of aryl methyl sites for hydroxylation is 1. The van der Waals surface area contributed by atoms with Crippen LogP contribution in [0.15, 0.2) is 36.7 Å². The quantitative estimate of drug-likeness (QED) is 0.599. The Labute approximate surface area is 183 Å². The predicted octanol–water partition coefficient (Wildman–Crippen LogP) is 5.34. The third-order valence-electron chi connectivity index (χ3n) is 7.63. The van der Waals surface area contributed by atoms with Crippen LogP contribution in [0.25, 0.3) is 22.4 Å². The summed E-state index contributed by atoms with van der Waals surface area (Å²) in [4.78, 5) is 2.31. The van der Waals surface area contributed by atoms with E-state index in [1.807, 2.05) is 31.3 Å². The molecule has 2 aliphatic rings. The summed E-state index contributed by atoms with van der Waals surface area (Å²) < 4.78 is 0. The van der Waals surface area contributed by atoms with Gasteiger partial charge in [-0.2, -0.15) is 5.10 Å². The van der Waals surface area contributed by atoms with Crippen LogP contribution < -0.4 is 4.90 Å². The molecule has 31 heavy (non-hydrogen) atoms. The summed E-state index contributed by atoms with van der Waals surface area (Å²) in [5.41, 5.74) is 5.25. The summed E-state index contributed by atoms with van der Waals surface area (Å²) in [5.74, 6) is 1.09. The maximum Gasteiger partial charge on any atom is 0.151 e. The highest BCUT2D eigenvalue weighted by atomic mass is 16.3. The minimum Gasteiger partial charge on any atom is -0.507 e. The van der Waals surface area contributed by atoms with Crippen molar-refractivity contribution in [3.05, 3.63) is 42.2 Å². The first kappa shape index (κ1) is 20.0. The molecule has 2 saturated carbocycles. The summed E-state index contributed by atoms with van der Waals surface area (Å²) >= 11 is 0. The van der Waals surface area contributed by atoms with Crippen molar-refractivity contribution in [1.82, 2.24) is 20.4 Å². The van der Waals surface area contributed by atoms with Gasteiger partial charge in [-0.25, -0.2) is 0 Å². The summed E-state index contributed by atoms with van der Waals surface area (Å²) in [6.07, 6.45) is 10.0. The summed E-state index contributed by atoms with van der Waals surface area (Å²) in [5, 5.41) is 26.5. The number of aromatic hydroxyl groups is 1. The van der Waals surface area contributed by atoms with Crippen molar-refractivity contribution in [2.45, 2.75) is 58.9 Å². The molecular weight excluding hydrogens is 386 g/mol. The number of hydrogen-bond acceptors (Lipinski definition) is 5. The number of H-pyrrole nitrogens is 1. The van der Waals surface area contributed by atoms with Crippen molar-refractivity contribution in [1.29, 1.82) is 0 Å². The highest BCUT2D eigenvalue weighted by Crippen LogP contribution is 2.58. The standard InChI is InChI=1S/C25H31N5O/c1-16-9-20(22(31)10-19(16)17-13-26-27-14-17)21-5-6-23(29-28-21)30(4)18-11-24(2)7-8-25(3,12-18)15-24/h5-6,9-10,13-14,18,31H,7-8,11-12,15H2,1-4H3,(H,26,27)/t18?,24-,25+. The lowest BCUT2D eigenvalue weighted by Gasteiger charge is -2.44. The lowest BCUT2D eigenvalue weighted by atomic mass is 9.68. The molecule has 0 amide bonds. The maximum atomic E-state index is 10.7. The van der Waals surface area contributed by atoms with Crippen LogP contribution in [0.1, 0.15) is 51.5 Å². The average Bonchev–Trinajstić information content (AvgIpc) is 3.34. The Morgan fingerprint density at radius 3 is 2.42 bits per heavy atom. The van der Waals surface area contributed by atoms with Gasteiger partial charge in [-0.3, -0.25) is 5.10 Å². The van der Waals surface area contributed by atoms with E-state index in [1.54, 1.807) is 12.3 Å². The second kappa shape index (κ2) is 7.08. The summed E-state index contributed by atoms with van der Waals surface area (Å²) in [7, 11) is 2.15. The molecular formula is C25H31N5O. The van der Waals surface area contributed by atoms with E-state index in [9.17, 15) is 5.11 Å². The first-order valence-corrected chi connectivity index (χ1v) is 11.2. The largest absolute Gasteiger partial charge is 0.507 e. The van der Waals surface area contributed by atoms with Gasteiger partial charge >= 0.3 is 0 Å². The molecule has 1 unspecified atom stereocenters. The minimum absolute atomic E-state index is 0.196. The molecule has 2 heterocycles. The van der Waals surface area contributed by atoms with Gasteiger partial charge in [0.05, 0.1) is 11.9 Å². The molecule has 2 N–H and O–H groups in total. The summed E-state index contributed by atoms with van der Waals surface area (Å²) in [6, 6.07) is 8.23. The fourth-order valence-corrected chi connectivity index (χ4v) is 6.10. The number of rotatable bonds is 4. The van der Waals surface area contributed by atoms with E-state index in [2.05, 4.69) is 46.2 Å². The van der Waals surface area contributed by atoms with Crippen molar-refractivity contribution in [2.24, 2.45) is 10.8 Å². The van der Waals surface area contributed by atoms with Crippen molar-refractivity contribution >= 4 is 5.82 Å². The number of phenols is 1. The number of aromatic nitrogens is 4. The molecule has 1 aromatic carbocycles. The molecule has 0 saturated heterocycles. The van der Waals surface area contributed by atoms with Gasteiger partial charge in [0.1, 0.15) is 5.75 Å². The average molecular weight is 418 g/mol. The second-order valence-corrected chi connectivity index (χ2v) is 10.4. The van der Waals surface area contributed by atoms with E-state index >= 15 is 0 Å². The number of nitrogens with one attached hydrogen (secondary N) is 1. The lowest BCUT2D eigenvalue weighted by Crippen LogP contribution is -2.42. The van der Waals surface area contributed by atoms with E-state index in [4.69, 9.17) is 0 Å². The Morgan fingerprint density at radius 2 is 1.81 bits per heavy atom. The fourth-order valence-electron chi connectivity index (χ4n) is 6.10. The molecule has 2 aromatic heterocycles. The zero-order chi connectivity index (χ0) is 21.8. The van der Waals surface area contributed by atoms with Crippen LogP contribution in [0.2, 0.25) is 0 Å². The normalized spacial score (nSPS) is 27.4. The van der Waals surface area contributed by atoms with Gasteiger partial charge in [0.2, 0.25) is 0 Å². The van der Waals surface area contributed by atoms with Crippen LogP contribution in [-0.2, 0) is 0 Å². The van der Waals surface area contributed by atoms with Gasteiger partial charge in [0.15, 0.2) is 5.82 Å². The van der Waals surface area contributed by atoms with Gasteiger partial charge in [0.25, 0.3) is 0 Å². The number of aromatic amines is 1. The SMILES string of the molecule is Cc1cc(-c2ccc(N(C)C3C[C@]4(C)CC[C@](C)(C3)C4)nn2)c(O)cc1-c1cn[nH]c1. The van der Waals surface area contributed by atoms with Crippen molar-refractivity contribution in [2.75, 3.05) is 11.9 Å². The van der Waals surface area contributed by atoms with Crippen molar-refractivity contribution in [3.63, 3.8) is 0 Å². The first-order valence-electron chi connectivity index (χ1n) is 11.2. The van der Waals surface area contributed by atoms with Crippen molar-refractivity contribution < 1.29 is 5.11 Å². The highest BCUT2D eigenvalue weighted by molar-refractivity contribution is 5.76.